The first-order valence-corrected chi connectivity index (χ1v) is 12.8. The van der Waals surface area contributed by atoms with Crippen LogP contribution < -0.4 is 14.9 Å². The average molecular weight is 534 g/mol. The smallest absolute Gasteiger partial charge is 0.264 e. The second-order valence-corrected chi connectivity index (χ2v) is 11.5. The molecule has 3 aromatic rings. The highest BCUT2D eigenvalue weighted by atomic mass is 35.5. The normalized spacial score (nSPS) is 11.6. The summed E-state index contributed by atoms with van der Waals surface area (Å²) in [5.74, 6) is -1.03. The maximum Gasteiger partial charge on any atom is 0.264 e. The van der Waals surface area contributed by atoms with Crippen molar-refractivity contribution in [3.05, 3.63) is 88.4 Å². The van der Waals surface area contributed by atoms with Gasteiger partial charge in [0.25, 0.3) is 15.9 Å². The van der Waals surface area contributed by atoms with Crippen LogP contribution in [-0.4, -0.2) is 32.3 Å². The number of nitrogens with zero attached hydrogens (tertiary/aromatic N) is 1. The summed E-state index contributed by atoms with van der Waals surface area (Å²) >= 11 is 12.2. The molecular formula is C25H25Cl2N3O4S. The van der Waals surface area contributed by atoms with Crippen LogP contribution in [0.4, 0.5) is 11.4 Å². The van der Waals surface area contributed by atoms with Gasteiger partial charge in [-0.25, -0.2) is 8.42 Å². The van der Waals surface area contributed by atoms with Crippen molar-refractivity contribution in [2.45, 2.75) is 31.2 Å². The fraction of sp³-hybridized carbons (Fsp3) is 0.200. The Morgan fingerprint density at radius 3 is 2.06 bits per heavy atom. The number of rotatable bonds is 7. The van der Waals surface area contributed by atoms with Crippen molar-refractivity contribution < 1.29 is 18.0 Å². The lowest BCUT2D eigenvalue weighted by Crippen LogP contribution is -2.41. The molecule has 0 aliphatic carbocycles. The van der Waals surface area contributed by atoms with E-state index >= 15 is 0 Å². The monoisotopic (exact) mass is 533 g/mol. The van der Waals surface area contributed by atoms with Crippen LogP contribution in [0.5, 0.6) is 0 Å². The molecule has 0 bridgehead atoms. The molecule has 0 saturated carbocycles. The molecule has 2 amide bonds. The molecule has 0 radical (unpaired) electrons. The first-order chi connectivity index (χ1) is 16.4. The predicted octanol–water partition coefficient (Wildman–Crippen LogP) is 5.36. The van der Waals surface area contributed by atoms with Crippen LogP contribution in [-0.2, 0) is 14.8 Å². The molecule has 0 aliphatic heterocycles. The maximum atomic E-state index is 13.5. The molecule has 2 N–H and O–H groups in total. The molecule has 35 heavy (non-hydrogen) atoms. The van der Waals surface area contributed by atoms with E-state index in [4.69, 9.17) is 23.2 Å². The summed E-state index contributed by atoms with van der Waals surface area (Å²) in [5, 5.41) is 5.93. The Kier molecular flexibility index (Phi) is 8.10. The SMILES string of the molecule is CC(C)(C)NC(=O)c1ccccc1NC(=O)CN(c1cc(Cl)cc(Cl)c1)S(=O)(=O)c1ccccc1. The number of para-hydroxylation sites is 1. The molecule has 7 nitrogen and oxygen atoms in total. The fourth-order valence-corrected chi connectivity index (χ4v) is 5.18. The molecule has 184 valence electrons. The Morgan fingerprint density at radius 2 is 1.46 bits per heavy atom. The Hall–Kier alpha value is -3.07. The molecule has 10 heteroatoms. The number of hydrogen-bond donors (Lipinski definition) is 2. The van der Waals surface area contributed by atoms with Crippen LogP contribution >= 0.6 is 23.2 Å². The Bertz CT molecular complexity index is 1320. The van der Waals surface area contributed by atoms with Gasteiger partial charge in [-0.15, -0.1) is 0 Å². The van der Waals surface area contributed by atoms with Gasteiger partial charge >= 0.3 is 0 Å². The highest BCUT2D eigenvalue weighted by molar-refractivity contribution is 7.92. The molecule has 0 aromatic heterocycles. The number of sulfonamides is 1. The quantitative estimate of drug-likeness (QED) is 0.427. The van der Waals surface area contributed by atoms with Gasteiger partial charge < -0.3 is 10.6 Å². The molecule has 3 aromatic carbocycles. The number of carbonyl (C=O) groups excluding carboxylic acids is 2. The molecule has 0 unspecified atom stereocenters. The van der Waals surface area contributed by atoms with Crippen molar-refractivity contribution in [1.82, 2.24) is 5.32 Å². The summed E-state index contributed by atoms with van der Waals surface area (Å²) in [7, 11) is -4.15. The van der Waals surface area contributed by atoms with Crippen LogP contribution in [0.25, 0.3) is 0 Å². The lowest BCUT2D eigenvalue weighted by atomic mass is 10.1. The van der Waals surface area contributed by atoms with Gasteiger partial charge in [-0.1, -0.05) is 53.5 Å². The number of carbonyl (C=O) groups is 2. The molecule has 0 heterocycles. The van der Waals surface area contributed by atoms with Crippen molar-refractivity contribution in [1.29, 1.82) is 0 Å². The van der Waals surface area contributed by atoms with E-state index in [9.17, 15) is 18.0 Å². The van der Waals surface area contributed by atoms with Crippen molar-refractivity contribution in [3.8, 4) is 0 Å². The van der Waals surface area contributed by atoms with Crippen molar-refractivity contribution in [3.63, 3.8) is 0 Å². The van der Waals surface area contributed by atoms with E-state index in [1.807, 2.05) is 20.8 Å². The van der Waals surface area contributed by atoms with Gasteiger partial charge in [-0.05, 0) is 63.2 Å². The van der Waals surface area contributed by atoms with Crippen LogP contribution in [0.15, 0.2) is 77.7 Å². The zero-order valence-corrected chi connectivity index (χ0v) is 21.7. The van der Waals surface area contributed by atoms with Gasteiger partial charge in [0, 0.05) is 15.6 Å². The first-order valence-electron chi connectivity index (χ1n) is 10.6. The number of halogens is 2. The summed E-state index contributed by atoms with van der Waals surface area (Å²) < 4.78 is 27.9. The zero-order valence-electron chi connectivity index (χ0n) is 19.4. The molecular weight excluding hydrogens is 509 g/mol. The summed E-state index contributed by atoms with van der Waals surface area (Å²) in [6.07, 6.45) is 0. The largest absolute Gasteiger partial charge is 0.347 e. The highest BCUT2D eigenvalue weighted by Crippen LogP contribution is 2.30. The molecule has 3 rings (SSSR count). The maximum absolute atomic E-state index is 13.5. The second-order valence-electron chi connectivity index (χ2n) is 8.75. The third-order valence-electron chi connectivity index (χ3n) is 4.69. The molecule has 0 fully saturated rings. The Labute approximate surface area is 215 Å². The third-order valence-corrected chi connectivity index (χ3v) is 6.91. The van der Waals surface area contributed by atoms with E-state index in [1.165, 1.54) is 30.3 Å². The number of nitrogens with one attached hydrogen (secondary N) is 2. The Morgan fingerprint density at radius 1 is 0.886 bits per heavy atom. The minimum atomic E-state index is -4.15. The topological polar surface area (TPSA) is 95.6 Å². The summed E-state index contributed by atoms with van der Waals surface area (Å²) in [6.45, 7) is 4.95. The molecule has 0 aliphatic rings. The van der Waals surface area contributed by atoms with Gasteiger partial charge in [0.05, 0.1) is 21.8 Å². The van der Waals surface area contributed by atoms with E-state index in [1.54, 1.807) is 42.5 Å². The number of hydrogen-bond acceptors (Lipinski definition) is 4. The van der Waals surface area contributed by atoms with Crippen LogP contribution in [0.3, 0.4) is 0 Å². The van der Waals surface area contributed by atoms with Crippen molar-refractivity contribution in [2.24, 2.45) is 0 Å². The standard InChI is InChI=1S/C25H25Cl2N3O4S/c1-25(2,3)29-24(32)21-11-7-8-12-22(21)28-23(31)16-30(19-14-17(26)13-18(27)15-19)35(33,34)20-9-5-4-6-10-20/h4-15H,16H2,1-3H3,(H,28,31)(H,29,32). The van der Waals surface area contributed by atoms with E-state index in [0.29, 0.717) is 0 Å². The van der Waals surface area contributed by atoms with Gasteiger partial charge in [-0.3, -0.25) is 13.9 Å². The van der Waals surface area contributed by atoms with E-state index in [-0.39, 0.29) is 37.8 Å². The number of benzene rings is 3. The molecule has 0 spiro atoms. The van der Waals surface area contributed by atoms with Gasteiger partial charge in [0.1, 0.15) is 6.54 Å². The van der Waals surface area contributed by atoms with Crippen molar-refractivity contribution >= 4 is 56.4 Å². The minimum absolute atomic E-state index is 0.00569. The first kappa shape index (κ1) is 26.5. The molecule has 0 saturated heterocycles. The minimum Gasteiger partial charge on any atom is -0.347 e. The van der Waals surface area contributed by atoms with E-state index < -0.39 is 28.0 Å². The van der Waals surface area contributed by atoms with Gasteiger partial charge in [0.2, 0.25) is 5.91 Å². The number of anilines is 2. The second kappa shape index (κ2) is 10.7. The van der Waals surface area contributed by atoms with Crippen LogP contribution in [0, 0.1) is 0 Å². The lowest BCUT2D eigenvalue weighted by Gasteiger charge is -2.25. The highest BCUT2D eigenvalue weighted by Gasteiger charge is 2.28. The number of amides is 2. The lowest BCUT2D eigenvalue weighted by molar-refractivity contribution is -0.114. The Balaban J connectivity index is 1.95. The van der Waals surface area contributed by atoms with Crippen LogP contribution in [0.1, 0.15) is 31.1 Å². The fourth-order valence-electron chi connectivity index (χ4n) is 3.24. The summed E-state index contributed by atoms with van der Waals surface area (Å²) in [5.41, 5.74) is 0.139. The van der Waals surface area contributed by atoms with Gasteiger partial charge in [-0.2, -0.15) is 0 Å². The van der Waals surface area contributed by atoms with Crippen LogP contribution in [0.2, 0.25) is 10.0 Å². The average Bonchev–Trinajstić information content (AvgIpc) is 2.76. The van der Waals surface area contributed by atoms with Crippen molar-refractivity contribution in [2.75, 3.05) is 16.2 Å². The zero-order chi connectivity index (χ0) is 25.8. The summed E-state index contributed by atoms with van der Waals surface area (Å²) in [6, 6.07) is 18.5. The van der Waals surface area contributed by atoms with E-state index in [0.717, 1.165) is 4.31 Å². The summed E-state index contributed by atoms with van der Waals surface area (Å²) in [4.78, 5) is 25.8. The van der Waals surface area contributed by atoms with Gasteiger partial charge in [0.15, 0.2) is 0 Å². The van der Waals surface area contributed by atoms with E-state index in [2.05, 4.69) is 10.6 Å². The molecule has 0 atom stereocenters. The third kappa shape index (κ3) is 6.97. The predicted molar refractivity (Wildman–Crippen MR) is 140 cm³/mol.